The maximum atomic E-state index is 5.37. The molecule has 0 atom stereocenters. The van der Waals surface area contributed by atoms with Crippen LogP contribution in [0.15, 0.2) is 40.5 Å². The minimum Gasteiger partial charge on any atom is -0.373 e. The van der Waals surface area contributed by atoms with Crippen LogP contribution < -0.4 is 0 Å². The van der Waals surface area contributed by atoms with Crippen molar-refractivity contribution in [2.45, 2.75) is 6.61 Å². The van der Waals surface area contributed by atoms with Crippen molar-refractivity contribution in [2.24, 2.45) is 0 Å². The highest BCUT2D eigenvalue weighted by molar-refractivity contribution is 14.1. The molecule has 12 heavy (non-hydrogen) atoms. The van der Waals surface area contributed by atoms with Gasteiger partial charge in [0.2, 0.25) is 0 Å². The van der Waals surface area contributed by atoms with Gasteiger partial charge in [-0.3, -0.25) is 0 Å². The lowest BCUT2D eigenvalue weighted by Gasteiger charge is -1.99. The number of rotatable bonds is 4. The summed E-state index contributed by atoms with van der Waals surface area (Å²) in [5.74, 6) is 0. The molecular weight excluding hydrogens is 263 g/mol. The summed E-state index contributed by atoms with van der Waals surface area (Å²) < 4.78 is 7.33. The second-order valence-electron chi connectivity index (χ2n) is 2.36. The van der Waals surface area contributed by atoms with E-state index in [1.807, 2.05) is 28.4 Å². The van der Waals surface area contributed by atoms with E-state index in [1.165, 1.54) is 5.56 Å². The summed E-state index contributed by atoms with van der Waals surface area (Å²) in [6, 6.07) is 10.2. The molecule has 1 nitrogen and oxygen atoms in total. The van der Waals surface area contributed by atoms with Gasteiger partial charge in [0, 0.05) is 0 Å². The number of hydrogen-bond acceptors (Lipinski definition) is 1. The van der Waals surface area contributed by atoms with Crippen molar-refractivity contribution >= 4 is 22.6 Å². The predicted molar refractivity (Wildman–Crippen MR) is 59.3 cm³/mol. The Morgan fingerprint density at radius 3 is 2.67 bits per heavy atom. The maximum absolute atomic E-state index is 5.37. The van der Waals surface area contributed by atoms with Gasteiger partial charge in [-0.2, -0.15) is 0 Å². The Labute approximate surface area is 86.6 Å². The standard InChI is InChI=1S/C10H11IO/c11-7-4-8-12-9-10-5-2-1-3-6-10/h1-7H,8-9H2/b7-4+. The first-order valence-corrected chi connectivity index (χ1v) is 5.05. The fourth-order valence-corrected chi connectivity index (χ4v) is 1.06. The van der Waals surface area contributed by atoms with E-state index in [2.05, 4.69) is 34.7 Å². The van der Waals surface area contributed by atoms with Crippen molar-refractivity contribution in [1.29, 1.82) is 0 Å². The van der Waals surface area contributed by atoms with E-state index in [0.29, 0.717) is 13.2 Å². The molecule has 64 valence electrons. The summed E-state index contributed by atoms with van der Waals surface area (Å²) in [4.78, 5) is 0. The van der Waals surface area contributed by atoms with Crippen molar-refractivity contribution < 1.29 is 4.74 Å². The van der Waals surface area contributed by atoms with Crippen LogP contribution in [0.25, 0.3) is 0 Å². The minimum atomic E-state index is 0.692. The van der Waals surface area contributed by atoms with E-state index in [-0.39, 0.29) is 0 Å². The second kappa shape index (κ2) is 6.20. The first-order valence-electron chi connectivity index (χ1n) is 3.80. The van der Waals surface area contributed by atoms with Crippen LogP contribution in [-0.4, -0.2) is 6.61 Å². The molecule has 0 spiro atoms. The highest BCUT2D eigenvalue weighted by atomic mass is 127. The summed E-state index contributed by atoms with van der Waals surface area (Å²) in [7, 11) is 0. The third-order valence-electron chi connectivity index (χ3n) is 1.41. The molecule has 1 aromatic carbocycles. The van der Waals surface area contributed by atoms with Gasteiger partial charge in [-0.05, 0) is 9.65 Å². The van der Waals surface area contributed by atoms with Crippen LogP contribution >= 0.6 is 22.6 Å². The summed E-state index contributed by atoms with van der Waals surface area (Å²) in [5, 5.41) is 0. The Bertz CT molecular complexity index is 231. The molecule has 0 fully saturated rings. The molecule has 0 radical (unpaired) electrons. The Hall–Kier alpha value is -0.350. The van der Waals surface area contributed by atoms with Gasteiger partial charge in [-0.25, -0.2) is 0 Å². The van der Waals surface area contributed by atoms with Crippen molar-refractivity contribution in [3.63, 3.8) is 0 Å². The van der Waals surface area contributed by atoms with Gasteiger partial charge in [-0.1, -0.05) is 59.0 Å². The van der Waals surface area contributed by atoms with Gasteiger partial charge in [0.15, 0.2) is 0 Å². The molecule has 0 saturated heterocycles. The summed E-state index contributed by atoms with van der Waals surface area (Å²) in [6.45, 7) is 1.39. The van der Waals surface area contributed by atoms with Gasteiger partial charge < -0.3 is 4.74 Å². The number of halogens is 1. The zero-order valence-corrected chi connectivity index (χ0v) is 8.90. The first-order chi connectivity index (χ1) is 5.93. The molecule has 0 aromatic heterocycles. The van der Waals surface area contributed by atoms with Gasteiger partial charge in [-0.15, -0.1) is 0 Å². The molecule has 0 amide bonds. The quantitative estimate of drug-likeness (QED) is 0.605. The molecule has 2 heteroatoms. The fourth-order valence-electron chi connectivity index (χ4n) is 0.855. The number of hydrogen-bond donors (Lipinski definition) is 0. The number of ether oxygens (including phenoxy) is 1. The van der Waals surface area contributed by atoms with Gasteiger partial charge in [0.1, 0.15) is 0 Å². The lowest BCUT2D eigenvalue weighted by Crippen LogP contribution is -1.91. The summed E-state index contributed by atoms with van der Waals surface area (Å²) in [6.07, 6.45) is 1.99. The van der Waals surface area contributed by atoms with Crippen LogP contribution in [0.1, 0.15) is 5.56 Å². The molecule has 0 aliphatic rings. The predicted octanol–water partition coefficient (Wildman–Crippen LogP) is 3.15. The van der Waals surface area contributed by atoms with E-state index < -0.39 is 0 Å². The third-order valence-corrected chi connectivity index (χ3v) is 1.92. The van der Waals surface area contributed by atoms with Crippen LogP contribution in [0.3, 0.4) is 0 Å². The molecular formula is C10H11IO. The molecule has 0 saturated carbocycles. The lowest BCUT2D eigenvalue weighted by molar-refractivity contribution is 0.149. The van der Waals surface area contributed by atoms with E-state index >= 15 is 0 Å². The first kappa shape index (κ1) is 9.74. The normalized spacial score (nSPS) is 10.8. The molecule has 0 N–H and O–H groups in total. The molecule has 0 aliphatic heterocycles. The summed E-state index contributed by atoms with van der Waals surface area (Å²) >= 11 is 2.18. The average Bonchev–Trinajstić information content (AvgIpc) is 2.14. The van der Waals surface area contributed by atoms with E-state index in [4.69, 9.17) is 4.74 Å². The zero-order valence-electron chi connectivity index (χ0n) is 6.74. The molecule has 1 rings (SSSR count). The van der Waals surface area contributed by atoms with Crippen LogP contribution in [0.2, 0.25) is 0 Å². The van der Waals surface area contributed by atoms with E-state index in [1.54, 1.807) is 0 Å². The molecule has 0 unspecified atom stereocenters. The highest BCUT2D eigenvalue weighted by Crippen LogP contribution is 2.00. The van der Waals surface area contributed by atoms with Crippen molar-refractivity contribution in [3.8, 4) is 0 Å². The minimum absolute atomic E-state index is 0.692. The Morgan fingerprint density at radius 1 is 1.25 bits per heavy atom. The Kier molecular flexibility index (Phi) is 5.03. The lowest BCUT2D eigenvalue weighted by atomic mass is 10.2. The fraction of sp³-hybridized carbons (Fsp3) is 0.200. The van der Waals surface area contributed by atoms with Crippen molar-refractivity contribution in [3.05, 3.63) is 46.1 Å². The molecule has 1 aromatic rings. The molecule has 0 heterocycles. The van der Waals surface area contributed by atoms with Gasteiger partial charge >= 0.3 is 0 Å². The SMILES string of the molecule is I/C=C/COCc1ccccc1. The highest BCUT2D eigenvalue weighted by Gasteiger charge is 1.88. The zero-order chi connectivity index (χ0) is 8.65. The van der Waals surface area contributed by atoms with Crippen LogP contribution in [0.5, 0.6) is 0 Å². The molecule has 0 bridgehead atoms. The Morgan fingerprint density at radius 2 is 2.00 bits per heavy atom. The summed E-state index contributed by atoms with van der Waals surface area (Å²) in [5.41, 5.74) is 1.22. The molecule has 0 aliphatic carbocycles. The Balaban J connectivity index is 2.24. The van der Waals surface area contributed by atoms with Crippen molar-refractivity contribution in [1.82, 2.24) is 0 Å². The van der Waals surface area contributed by atoms with Gasteiger partial charge in [0.25, 0.3) is 0 Å². The van der Waals surface area contributed by atoms with Crippen molar-refractivity contribution in [2.75, 3.05) is 6.61 Å². The van der Waals surface area contributed by atoms with Crippen LogP contribution in [-0.2, 0) is 11.3 Å². The largest absolute Gasteiger partial charge is 0.373 e. The monoisotopic (exact) mass is 274 g/mol. The van der Waals surface area contributed by atoms with Crippen LogP contribution in [0.4, 0.5) is 0 Å². The topological polar surface area (TPSA) is 9.23 Å². The van der Waals surface area contributed by atoms with E-state index in [9.17, 15) is 0 Å². The maximum Gasteiger partial charge on any atom is 0.0721 e. The van der Waals surface area contributed by atoms with Crippen LogP contribution in [0, 0.1) is 0 Å². The average molecular weight is 274 g/mol. The van der Waals surface area contributed by atoms with E-state index in [0.717, 1.165) is 0 Å². The smallest absolute Gasteiger partial charge is 0.0721 e. The number of benzene rings is 1. The van der Waals surface area contributed by atoms with Gasteiger partial charge in [0.05, 0.1) is 13.2 Å². The second-order valence-corrected chi connectivity index (χ2v) is 3.08. The third kappa shape index (κ3) is 3.88.